The summed E-state index contributed by atoms with van der Waals surface area (Å²) < 4.78 is 0. The van der Waals surface area contributed by atoms with Crippen molar-refractivity contribution in [3.05, 3.63) is 23.5 Å². The summed E-state index contributed by atoms with van der Waals surface area (Å²) in [6.45, 7) is 2.58. The minimum atomic E-state index is -0.300. The number of aromatic nitrogens is 1. The number of nitrogens with zero attached hydrogens (tertiary/aromatic N) is 2. The van der Waals surface area contributed by atoms with Crippen molar-refractivity contribution in [2.24, 2.45) is 0 Å². The summed E-state index contributed by atoms with van der Waals surface area (Å²) >= 11 is 5.80. The van der Waals surface area contributed by atoms with Gasteiger partial charge in [0.25, 0.3) is 0 Å². The van der Waals surface area contributed by atoms with E-state index in [0.29, 0.717) is 18.8 Å². The van der Waals surface area contributed by atoms with Crippen LogP contribution in [0, 0.1) is 0 Å². The van der Waals surface area contributed by atoms with E-state index in [1.54, 1.807) is 18.3 Å². The molecule has 2 amide bonds. The highest BCUT2D eigenvalue weighted by Gasteiger charge is 2.12. The minimum Gasteiger partial charge on any atom is -0.395 e. The maximum atomic E-state index is 11.7. The predicted molar refractivity (Wildman–Crippen MR) is 62.6 cm³/mol. The summed E-state index contributed by atoms with van der Waals surface area (Å²) in [7, 11) is 0. The molecule has 0 aliphatic rings. The van der Waals surface area contributed by atoms with Gasteiger partial charge in [-0.3, -0.25) is 0 Å². The van der Waals surface area contributed by atoms with Gasteiger partial charge in [-0.25, -0.2) is 9.78 Å². The van der Waals surface area contributed by atoms with Crippen LogP contribution in [-0.4, -0.2) is 40.7 Å². The second kappa shape index (κ2) is 6.30. The quantitative estimate of drug-likeness (QED) is 0.790. The van der Waals surface area contributed by atoms with Crippen molar-refractivity contribution < 1.29 is 9.90 Å². The van der Waals surface area contributed by atoms with Crippen LogP contribution in [0.5, 0.6) is 0 Å². The molecule has 6 heteroatoms. The van der Waals surface area contributed by atoms with Crippen LogP contribution in [0.25, 0.3) is 0 Å². The molecule has 0 fully saturated rings. The summed E-state index contributed by atoms with van der Waals surface area (Å²) in [5, 5.41) is 11.7. The van der Waals surface area contributed by atoms with Crippen LogP contribution in [0.3, 0.4) is 0 Å². The number of halogens is 1. The van der Waals surface area contributed by atoms with Gasteiger partial charge in [-0.2, -0.15) is 0 Å². The lowest BCUT2D eigenvalue weighted by molar-refractivity contribution is 0.192. The van der Waals surface area contributed by atoms with Gasteiger partial charge in [0.2, 0.25) is 0 Å². The summed E-state index contributed by atoms with van der Waals surface area (Å²) in [6.07, 6.45) is 1.54. The Labute approximate surface area is 99.0 Å². The largest absolute Gasteiger partial charge is 0.395 e. The van der Waals surface area contributed by atoms with Crippen molar-refractivity contribution in [1.82, 2.24) is 9.88 Å². The van der Waals surface area contributed by atoms with Gasteiger partial charge in [-0.05, 0) is 19.1 Å². The normalized spacial score (nSPS) is 9.94. The maximum Gasteiger partial charge on any atom is 0.321 e. The maximum absolute atomic E-state index is 11.7. The molecule has 0 atom stereocenters. The van der Waals surface area contributed by atoms with Crippen molar-refractivity contribution in [2.75, 3.05) is 25.0 Å². The van der Waals surface area contributed by atoms with Crippen LogP contribution in [-0.2, 0) is 0 Å². The highest BCUT2D eigenvalue weighted by molar-refractivity contribution is 6.32. The Balaban J connectivity index is 2.66. The molecule has 0 saturated carbocycles. The molecule has 0 saturated heterocycles. The van der Waals surface area contributed by atoms with Crippen LogP contribution < -0.4 is 5.32 Å². The first-order valence-corrected chi connectivity index (χ1v) is 5.34. The van der Waals surface area contributed by atoms with Gasteiger partial charge in [0.15, 0.2) is 5.15 Å². The third-order valence-electron chi connectivity index (χ3n) is 2.04. The number of rotatable bonds is 4. The molecule has 5 nitrogen and oxygen atoms in total. The summed E-state index contributed by atoms with van der Waals surface area (Å²) in [4.78, 5) is 17.0. The number of nitrogens with one attached hydrogen (secondary N) is 1. The zero-order valence-corrected chi connectivity index (χ0v) is 9.74. The second-order valence-corrected chi connectivity index (χ2v) is 3.43. The lowest BCUT2D eigenvalue weighted by Gasteiger charge is -2.20. The highest BCUT2D eigenvalue weighted by Crippen LogP contribution is 2.17. The van der Waals surface area contributed by atoms with E-state index < -0.39 is 0 Å². The number of hydrogen-bond acceptors (Lipinski definition) is 3. The second-order valence-electron chi connectivity index (χ2n) is 3.08. The summed E-state index contributed by atoms with van der Waals surface area (Å²) in [6, 6.07) is 3.05. The molecular formula is C10H14ClN3O2. The molecule has 0 spiro atoms. The van der Waals surface area contributed by atoms with Crippen LogP contribution in [0.2, 0.25) is 5.15 Å². The number of carbonyl (C=O) groups is 1. The molecule has 1 heterocycles. The molecule has 1 aromatic rings. The number of aliphatic hydroxyl groups excluding tert-OH is 1. The first-order chi connectivity index (χ1) is 7.69. The summed E-state index contributed by atoms with van der Waals surface area (Å²) in [5.41, 5.74) is 0.463. The van der Waals surface area contributed by atoms with E-state index in [2.05, 4.69) is 10.3 Å². The smallest absolute Gasteiger partial charge is 0.321 e. The predicted octanol–water partition coefficient (Wildman–Crippen LogP) is 1.58. The Hall–Kier alpha value is -1.33. The van der Waals surface area contributed by atoms with Crippen molar-refractivity contribution in [2.45, 2.75) is 6.92 Å². The summed E-state index contributed by atoms with van der Waals surface area (Å²) in [5.74, 6) is 0. The van der Waals surface area contributed by atoms with Gasteiger partial charge in [0.05, 0.1) is 12.3 Å². The zero-order valence-electron chi connectivity index (χ0n) is 8.98. The molecule has 1 rings (SSSR count). The molecule has 88 valence electrons. The Kier molecular flexibility index (Phi) is 5.01. The molecule has 0 aromatic carbocycles. The average Bonchev–Trinajstić information content (AvgIpc) is 2.29. The van der Waals surface area contributed by atoms with E-state index in [9.17, 15) is 4.79 Å². The number of pyridine rings is 1. The number of likely N-dealkylation sites (N-methyl/N-ethyl adjacent to an activating group) is 1. The van der Waals surface area contributed by atoms with E-state index in [1.165, 1.54) is 4.90 Å². The average molecular weight is 244 g/mol. The van der Waals surface area contributed by atoms with Crippen LogP contribution in [0.15, 0.2) is 18.3 Å². The van der Waals surface area contributed by atoms with Crippen molar-refractivity contribution in [1.29, 1.82) is 0 Å². The third kappa shape index (κ3) is 3.36. The lowest BCUT2D eigenvalue weighted by Crippen LogP contribution is -2.36. The topological polar surface area (TPSA) is 65.5 Å². The Morgan fingerprint density at radius 2 is 2.44 bits per heavy atom. The molecule has 0 bridgehead atoms. The molecular weight excluding hydrogens is 230 g/mol. The van der Waals surface area contributed by atoms with Gasteiger partial charge < -0.3 is 15.3 Å². The highest BCUT2D eigenvalue weighted by atomic mass is 35.5. The first kappa shape index (κ1) is 12.7. The fourth-order valence-corrected chi connectivity index (χ4v) is 1.36. The number of hydrogen-bond donors (Lipinski definition) is 2. The fourth-order valence-electron chi connectivity index (χ4n) is 1.20. The molecule has 1 aromatic heterocycles. The van der Waals surface area contributed by atoms with E-state index in [-0.39, 0.29) is 17.8 Å². The van der Waals surface area contributed by atoms with E-state index in [4.69, 9.17) is 16.7 Å². The number of amides is 2. The molecule has 0 aliphatic heterocycles. The Bertz CT molecular complexity index is 360. The van der Waals surface area contributed by atoms with Gasteiger partial charge in [0.1, 0.15) is 0 Å². The van der Waals surface area contributed by atoms with E-state index in [1.807, 2.05) is 6.92 Å². The molecule has 2 N–H and O–H groups in total. The SMILES string of the molecule is CCN(CCO)C(=O)Nc1cccnc1Cl. The standard InChI is InChI=1S/C10H14ClN3O2/c1-2-14(6-7-15)10(16)13-8-4-3-5-12-9(8)11/h3-5,15H,2,6-7H2,1H3,(H,13,16). The van der Waals surface area contributed by atoms with E-state index in [0.717, 1.165) is 0 Å². The monoisotopic (exact) mass is 243 g/mol. The van der Waals surface area contributed by atoms with Crippen molar-refractivity contribution >= 4 is 23.3 Å². The molecule has 0 aliphatic carbocycles. The number of carbonyl (C=O) groups excluding carboxylic acids is 1. The van der Waals surface area contributed by atoms with Gasteiger partial charge in [-0.15, -0.1) is 0 Å². The number of aliphatic hydroxyl groups is 1. The van der Waals surface area contributed by atoms with Crippen LogP contribution >= 0.6 is 11.6 Å². The van der Waals surface area contributed by atoms with Gasteiger partial charge in [-0.1, -0.05) is 11.6 Å². The fraction of sp³-hybridized carbons (Fsp3) is 0.400. The number of anilines is 1. The van der Waals surface area contributed by atoms with Gasteiger partial charge >= 0.3 is 6.03 Å². The first-order valence-electron chi connectivity index (χ1n) is 4.96. The van der Waals surface area contributed by atoms with Crippen molar-refractivity contribution in [3.8, 4) is 0 Å². The minimum absolute atomic E-state index is 0.0674. The van der Waals surface area contributed by atoms with Crippen LogP contribution in [0.1, 0.15) is 6.92 Å². The van der Waals surface area contributed by atoms with Crippen molar-refractivity contribution in [3.63, 3.8) is 0 Å². The third-order valence-corrected chi connectivity index (χ3v) is 2.34. The Morgan fingerprint density at radius 1 is 1.69 bits per heavy atom. The lowest BCUT2D eigenvalue weighted by atomic mass is 10.4. The zero-order chi connectivity index (χ0) is 12.0. The van der Waals surface area contributed by atoms with E-state index >= 15 is 0 Å². The van der Waals surface area contributed by atoms with Gasteiger partial charge in [0, 0.05) is 19.3 Å². The molecule has 16 heavy (non-hydrogen) atoms. The molecule has 0 unspecified atom stereocenters. The molecule has 0 radical (unpaired) electrons. The van der Waals surface area contributed by atoms with Crippen LogP contribution in [0.4, 0.5) is 10.5 Å². The number of urea groups is 1. The Morgan fingerprint density at radius 3 is 3.00 bits per heavy atom.